The highest BCUT2D eigenvalue weighted by Gasteiger charge is 2.54. The largest absolute Gasteiger partial charge is 0.481 e. The van der Waals surface area contributed by atoms with Crippen molar-refractivity contribution in [1.29, 1.82) is 0 Å². The molecule has 2 atom stereocenters. The van der Waals surface area contributed by atoms with Crippen LogP contribution in [-0.4, -0.2) is 37.0 Å². The van der Waals surface area contributed by atoms with Gasteiger partial charge in [0.15, 0.2) is 5.82 Å². The van der Waals surface area contributed by atoms with Crippen LogP contribution in [0.3, 0.4) is 0 Å². The Balaban J connectivity index is 1.08. The van der Waals surface area contributed by atoms with Crippen molar-refractivity contribution in [3.63, 3.8) is 0 Å². The second-order valence-corrected chi connectivity index (χ2v) is 11.9. The number of carbonyl (C=O) groups is 1. The van der Waals surface area contributed by atoms with E-state index in [0.29, 0.717) is 52.0 Å². The van der Waals surface area contributed by atoms with Crippen molar-refractivity contribution in [3.05, 3.63) is 45.5 Å². The third-order valence-corrected chi connectivity index (χ3v) is 9.46. The van der Waals surface area contributed by atoms with Crippen LogP contribution in [-0.2, 0) is 21.6 Å². The van der Waals surface area contributed by atoms with E-state index in [2.05, 4.69) is 20.3 Å². The van der Waals surface area contributed by atoms with E-state index in [0.717, 1.165) is 62.7 Å². The van der Waals surface area contributed by atoms with Gasteiger partial charge in [0, 0.05) is 40.8 Å². The van der Waals surface area contributed by atoms with Gasteiger partial charge in [0.2, 0.25) is 5.89 Å². The molecule has 37 heavy (non-hydrogen) atoms. The van der Waals surface area contributed by atoms with Crippen molar-refractivity contribution in [2.75, 3.05) is 0 Å². The number of rotatable bonds is 8. The summed E-state index contributed by atoms with van der Waals surface area (Å²) >= 11 is 12.9. The third kappa shape index (κ3) is 3.97. The lowest BCUT2D eigenvalue weighted by molar-refractivity contribution is -0.138. The molecule has 5 fully saturated rings. The van der Waals surface area contributed by atoms with Crippen molar-refractivity contribution in [3.8, 4) is 11.3 Å². The molecule has 0 saturated heterocycles. The fourth-order valence-electron chi connectivity index (χ4n) is 6.23. The predicted molar refractivity (Wildman–Crippen MR) is 131 cm³/mol. The van der Waals surface area contributed by atoms with Gasteiger partial charge in [-0.15, -0.1) is 0 Å². The first-order valence-corrected chi connectivity index (χ1v) is 13.6. The van der Waals surface area contributed by atoms with Gasteiger partial charge in [0.25, 0.3) is 0 Å². The van der Waals surface area contributed by atoms with Gasteiger partial charge in [-0.25, -0.2) is 0 Å². The summed E-state index contributed by atoms with van der Waals surface area (Å²) in [4.78, 5) is 20.0. The molecule has 3 aromatic rings. The molecular formula is C26H26Cl2N4O5. The maximum absolute atomic E-state index is 11.2. The Morgan fingerprint density at radius 3 is 2.38 bits per heavy atom. The zero-order valence-corrected chi connectivity index (χ0v) is 21.6. The maximum Gasteiger partial charge on any atom is 0.307 e. The Morgan fingerprint density at radius 2 is 1.76 bits per heavy atom. The van der Waals surface area contributed by atoms with Crippen LogP contribution in [0.25, 0.3) is 11.3 Å². The molecule has 0 aliphatic heterocycles. The molecule has 5 saturated carbocycles. The fraction of sp³-hybridized carbons (Fsp3) is 0.577. The summed E-state index contributed by atoms with van der Waals surface area (Å²) < 4.78 is 18.2. The second kappa shape index (κ2) is 8.51. The number of pyridine rings is 1. The zero-order valence-electron chi connectivity index (χ0n) is 20.1. The number of aliphatic carboxylic acids is 1. The highest BCUT2D eigenvalue weighted by molar-refractivity contribution is 6.38. The number of aromatic nitrogens is 4. The Morgan fingerprint density at radius 1 is 1.05 bits per heavy atom. The Bertz CT molecular complexity index is 1340. The third-order valence-electron chi connectivity index (χ3n) is 8.89. The van der Waals surface area contributed by atoms with Gasteiger partial charge in [-0.05, 0) is 57.8 Å². The molecule has 0 amide bonds. The smallest absolute Gasteiger partial charge is 0.307 e. The van der Waals surface area contributed by atoms with Crippen LogP contribution < -0.4 is 0 Å². The van der Waals surface area contributed by atoms with Crippen molar-refractivity contribution in [1.82, 2.24) is 20.3 Å². The van der Waals surface area contributed by atoms with E-state index in [1.807, 2.05) is 0 Å². The normalized spacial score (nSPS) is 30.5. The maximum atomic E-state index is 11.2. The molecule has 5 aliphatic carbocycles. The summed E-state index contributed by atoms with van der Waals surface area (Å²) in [6.07, 6.45) is 11.2. The van der Waals surface area contributed by atoms with Gasteiger partial charge in [0.1, 0.15) is 11.5 Å². The zero-order chi connectivity index (χ0) is 25.4. The van der Waals surface area contributed by atoms with Crippen LogP contribution in [0.4, 0.5) is 0 Å². The summed E-state index contributed by atoms with van der Waals surface area (Å²) in [6.45, 7) is 0.385. The summed E-state index contributed by atoms with van der Waals surface area (Å²) in [7, 11) is 0. The predicted octanol–water partition coefficient (Wildman–Crippen LogP) is 6.05. The van der Waals surface area contributed by atoms with E-state index in [-0.39, 0.29) is 22.9 Å². The highest BCUT2D eigenvalue weighted by atomic mass is 35.5. The number of carboxylic acid groups (broad SMARTS) is 1. The van der Waals surface area contributed by atoms with Crippen LogP contribution in [0.15, 0.2) is 21.4 Å². The molecular weight excluding hydrogens is 519 g/mol. The molecule has 8 rings (SSSR count). The van der Waals surface area contributed by atoms with Gasteiger partial charge >= 0.3 is 5.97 Å². The van der Waals surface area contributed by atoms with Crippen LogP contribution >= 0.6 is 23.2 Å². The Hall–Kier alpha value is -2.49. The van der Waals surface area contributed by atoms with E-state index >= 15 is 0 Å². The number of hydrogen-bond acceptors (Lipinski definition) is 8. The van der Waals surface area contributed by atoms with Crippen molar-refractivity contribution in [2.45, 2.75) is 87.2 Å². The van der Waals surface area contributed by atoms with Crippen LogP contribution in [0.1, 0.15) is 92.7 Å². The minimum atomic E-state index is -0.791. The van der Waals surface area contributed by atoms with Crippen molar-refractivity contribution < 1.29 is 23.7 Å². The number of carboxylic acids is 1. The Labute approximate surface area is 222 Å². The van der Waals surface area contributed by atoms with E-state index in [4.69, 9.17) is 37.0 Å². The average Bonchev–Trinajstić information content (AvgIpc) is 3.82. The molecule has 2 unspecified atom stereocenters. The van der Waals surface area contributed by atoms with E-state index < -0.39 is 5.97 Å². The first-order chi connectivity index (χ1) is 17.9. The summed E-state index contributed by atoms with van der Waals surface area (Å²) in [5, 5.41) is 18.6. The first kappa shape index (κ1) is 23.6. The first-order valence-electron chi connectivity index (χ1n) is 12.9. The number of fused-ring (bicyclic) bond motifs is 3. The second-order valence-electron chi connectivity index (χ2n) is 11.1. The molecule has 11 heteroatoms. The Kier molecular flexibility index (Phi) is 5.43. The number of ether oxygens (including phenoxy) is 1. The van der Waals surface area contributed by atoms with Gasteiger partial charge in [-0.2, -0.15) is 4.98 Å². The molecule has 1 N–H and O–H groups in total. The lowest BCUT2D eigenvalue weighted by Gasteiger charge is -2.51. The lowest BCUT2D eigenvalue weighted by atomic mass is 9.58. The number of hydrogen-bond donors (Lipinski definition) is 1. The van der Waals surface area contributed by atoms with E-state index in [9.17, 15) is 9.90 Å². The molecule has 194 valence electrons. The van der Waals surface area contributed by atoms with Crippen LogP contribution in [0, 0.1) is 5.92 Å². The van der Waals surface area contributed by atoms with Gasteiger partial charge in [-0.1, -0.05) is 33.5 Å². The minimum Gasteiger partial charge on any atom is -0.481 e. The van der Waals surface area contributed by atoms with Crippen molar-refractivity contribution in [2.24, 2.45) is 5.92 Å². The van der Waals surface area contributed by atoms with Crippen molar-refractivity contribution >= 4 is 29.2 Å². The van der Waals surface area contributed by atoms with Crippen LogP contribution in [0.5, 0.6) is 0 Å². The summed E-state index contributed by atoms with van der Waals surface area (Å²) in [5.74, 6) is 1.13. The van der Waals surface area contributed by atoms with E-state index in [1.54, 1.807) is 12.4 Å². The number of halogens is 2. The van der Waals surface area contributed by atoms with Gasteiger partial charge in [0.05, 0.1) is 28.2 Å². The molecule has 2 bridgehead atoms. The lowest BCUT2D eigenvalue weighted by Crippen LogP contribution is -2.49. The molecule has 0 aromatic carbocycles. The molecule has 3 heterocycles. The van der Waals surface area contributed by atoms with Crippen LogP contribution in [0.2, 0.25) is 10.0 Å². The average molecular weight is 545 g/mol. The quantitative estimate of drug-likeness (QED) is 0.360. The fourth-order valence-corrected chi connectivity index (χ4v) is 6.77. The van der Waals surface area contributed by atoms with Gasteiger partial charge in [-0.3, -0.25) is 9.78 Å². The summed E-state index contributed by atoms with van der Waals surface area (Å²) in [5.41, 5.74) is 1.81. The molecule has 3 aromatic heterocycles. The topological polar surface area (TPSA) is 124 Å². The highest BCUT2D eigenvalue weighted by Crippen LogP contribution is 2.56. The standard InChI is InChI=1S/C26H26Cl2N4O5/c27-17-10-29-11-18(28)19(17)20-16(21(36-31-20)13-1-2-13)12-35-26-6-3-25(4-7-26,5-8-26)24-30-22(32-37-24)14-9-15(14)23(33)34/h10-11,13-15H,1-9,12H2,(H,33,34). The summed E-state index contributed by atoms with van der Waals surface area (Å²) in [6, 6.07) is 0. The molecule has 0 spiro atoms. The molecule has 0 radical (unpaired) electrons. The van der Waals surface area contributed by atoms with Gasteiger partial charge < -0.3 is 18.9 Å². The molecule has 5 aliphatic rings. The monoisotopic (exact) mass is 544 g/mol. The minimum absolute atomic E-state index is 0.123. The number of nitrogens with zero attached hydrogens (tertiary/aromatic N) is 4. The molecule has 9 nitrogen and oxygen atoms in total. The van der Waals surface area contributed by atoms with E-state index in [1.165, 1.54) is 0 Å². The SMILES string of the molecule is O=C(O)C1CC1c1noc(C23CCC(OCc4c(-c5c(Cl)cncc5Cl)noc4C4CC4)(CC2)CC3)n1.